The van der Waals surface area contributed by atoms with Gasteiger partial charge in [0.05, 0.1) is 38.7 Å². The lowest BCUT2D eigenvalue weighted by Gasteiger charge is -2.10. The first-order chi connectivity index (χ1) is 9.24. The summed E-state index contributed by atoms with van der Waals surface area (Å²) in [6.07, 6.45) is 0. The van der Waals surface area contributed by atoms with Crippen LogP contribution in [0.3, 0.4) is 0 Å². The van der Waals surface area contributed by atoms with Gasteiger partial charge in [-0.2, -0.15) is 0 Å². The van der Waals surface area contributed by atoms with E-state index in [4.69, 9.17) is 24.7 Å². The van der Waals surface area contributed by atoms with Gasteiger partial charge in [0, 0.05) is 7.11 Å². The van der Waals surface area contributed by atoms with Gasteiger partial charge >= 0.3 is 0 Å². The maximum absolute atomic E-state index is 5.83. The highest BCUT2D eigenvalue weighted by atomic mass is 16.6. The molecule has 0 atom stereocenters. The van der Waals surface area contributed by atoms with E-state index in [9.17, 15) is 0 Å². The minimum atomic E-state index is 0.478. The molecule has 0 unspecified atom stereocenters. The summed E-state index contributed by atoms with van der Waals surface area (Å²) in [6.45, 7) is 5.30. The summed E-state index contributed by atoms with van der Waals surface area (Å²) in [6, 6.07) is 5.73. The summed E-state index contributed by atoms with van der Waals surface area (Å²) in [5.74, 6) is 0.700. The maximum Gasteiger partial charge on any atom is 0.142 e. The monoisotopic (exact) mass is 269 g/mol. The lowest BCUT2D eigenvalue weighted by atomic mass is 10.2. The van der Waals surface area contributed by atoms with Gasteiger partial charge in [0.25, 0.3) is 0 Å². The third-order valence-electron chi connectivity index (χ3n) is 2.45. The summed E-state index contributed by atoms with van der Waals surface area (Å²) >= 11 is 0. The predicted octanol–water partition coefficient (Wildman–Crippen LogP) is 1.64. The van der Waals surface area contributed by atoms with Crippen LogP contribution in [0, 0.1) is 6.92 Å². The van der Waals surface area contributed by atoms with Gasteiger partial charge in [-0.1, -0.05) is 6.07 Å². The second-order valence-corrected chi connectivity index (χ2v) is 4.11. The number of hydrogen-bond acceptors (Lipinski definition) is 5. The van der Waals surface area contributed by atoms with E-state index in [1.165, 1.54) is 0 Å². The molecule has 5 nitrogen and oxygen atoms in total. The van der Waals surface area contributed by atoms with E-state index in [-0.39, 0.29) is 0 Å². The molecule has 0 spiro atoms. The van der Waals surface area contributed by atoms with Crippen molar-refractivity contribution in [2.75, 3.05) is 52.5 Å². The molecule has 0 heterocycles. The van der Waals surface area contributed by atoms with E-state index in [1.54, 1.807) is 7.11 Å². The summed E-state index contributed by atoms with van der Waals surface area (Å²) in [5.41, 5.74) is 7.61. The molecule has 108 valence electrons. The number of ether oxygens (including phenoxy) is 4. The van der Waals surface area contributed by atoms with Crippen molar-refractivity contribution in [2.45, 2.75) is 6.92 Å². The van der Waals surface area contributed by atoms with Crippen molar-refractivity contribution in [1.29, 1.82) is 0 Å². The van der Waals surface area contributed by atoms with Crippen LogP contribution < -0.4 is 10.5 Å². The van der Waals surface area contributed by atoms with Crippen LogP contribution in [0.5, 0.6) is 5.75 Å². The number of hydrogen-bond donors (Lipinski definition) is 1. The van der Waals surface area contributed by atoms with E-state index in [0.717, 1.165) is 5.56 Å². The normalized spacial score (nSPS) is 10.6. The van der Waals surface area contributed by atoms with Crippen LogP contribution in [-0.2, 0) is 14.2 Å². The highest BCUT2D eigenvalue weighted by Crippen LogP contribution is 2.21. The summed E-state index contributed by atoms with van der Waals surface area (Å²) in [5, 5.41) is 0. The number of benzene rings is 1. The van der Waals surface area contributed by atoms with E-state index in [1.807, 2.05) is 25.1 Å². The lowest BCUT2D eigenvalue weighted by Crippen LogP contribution is -2.12. The molecule has 0 aliphatic heterocycles. The predicted molar refractivity (Wildman–Crippen MR) is 74.6 cm³/mol. The van der Waals surface area contributed by atoms with Crippen LogP contribution >= 0.6 is 0 Å². The second-order valence-electron chi connectivity index (χ2n) is 4.11. The van der Waals surface area contributed by atoms with Crippen molar-refractivity contribution < 1.29 is 18.9 Å². The zero-order chi connectivity index (χ0) is 13.9. The van der Waals surface area contributed by atoms with Crippen LogP contribution in [0.1, 0.15) is 5.56 Å². The fourth-order valence-corrected chi connectivity index (χ4v) is 1.47. The number of aryl methyl sites for hydroxylation is 1. The third kappa shape index (κ3) is 7.00. The molecule has 0 aliphatic carbocycles. The largest absolute Gasteiger partial charge is 0.489 e. The molecule has 1 aromatic carbocycles. The standard InChI is InChI=1S/C14H23NO4/c1-12-3-4-14(13(15)11-12)19-10-9-18-8-7-17-6-5-16-2/h3-4,11H,5-10,15H2,1-2H3. The van der Waals surface area contributed by atoms with Gasteiger partial charge in [0.1, 0.15) is 12.4 Å². The molecule has 0 aliphatic rings. The number of methoxy groups -OCH3 is 1. The first-order valence-electron chi connectivity index (χ1n) is 6.37. The van der Waals surface area contributed by atoms with Crippen LogP contribution in [-0.4, -0.2) is 46.8 Å². The second kappa shape index (κ2) is 9.61. The van der Waals surface area contributed by atoms with E-state index < -0.39 is 0 Å². The maximum atomic E-state index is 5.83. The van der Waals surface area contributed by atoms with E-state index >= 15 is 0 Å². The molecule has 0 saturated heterocycles. The molecule has 0 bridgehead atoms. The number of rotatable bonds is 10. The molecule has 19 heavy (non-hydrogen) atoms. The van der Waals surface area contributed by atoms with Crippen molar-refractivity contribution in [3.05, 3.63) is 23.8 Å². The zero-order valence-electron chi connectivity index (χ0n) is 11.7. The molecule has 1 rings (SSSR count). The highest BCUT2D eigenvalue weighted by Gasteiger charge is 1.99. The number of nitrogens with two attached hydrogens (primary N) is 1. The Morgan fingerprint density at radius 3 is 2.21 bits per heavy atom. The van der Waals surface area contributed by atoms with Crippen LogP contribution in [0.25, 0.3) is 0 Å². The Kier molecular flexibility index (Phi) is 7.97. The Hall–Kier alpha value is -1.30. The Labute approximate surface area is 114 Å². The van der Waals surface area contributed by atoms with Gasteiger partial charge in [0.2, 0.25) is 0 Å². The van der Waals surface area contributed by atoms with Gasteiger partial charge < -0.3 is 24.7 Å². The molecule has 0 radical (unpaired) electrons. The van der Waals surface area contributed by atoms with Gasteiger partial charge in [-0.15, -0.1) is 0 Å². The molecule has 0 fully saturated rings. The zero-order valence-corrected chi connectivity index (χ0v) is 11.7. The smallest absolute Gasteiger partial charge is 0.142 e. The quantitative estimate of drug-likeness (QED) is 0.517. The van der Waals surface area contributed by atoms with Gasteiger partial charge in [0.15, 0.2) is 0 Å². The van der Waals surface area contributed by atoms with Crippen LogP contribution in [0.2, 0.25) is 0 Å². The van der Waals surface area contributed by atoms with Gasteiger partial charge in [-0.3, -0.25) is 0 Å². The molecule has 2 N–H and O–H groups in total. The van der Waals surface area contributed by atoms with Crippen molar-refractivity contribution in [3.63, 3.8) is 0 Å². The molecule has 1 aromatic rings. The van der Waals surface area contributed by atoms with Gasteiger partial charge in [-0.25, -0.2) is 0 Å². The first kappa shape index (κ1) is 15.8. The molecule has 0 aromatic heterocycles. The fourth-order valence-electron chi connectivity index (χ4n) is 1.47. The summed E-state index contributed by atoms with van der Waals surface area (Å²) in [7, 11) is 1.65. The number of nitrogen functional groups attached to an aromatic ring is 1. The number of anilines is 1. The Morgan fingerprint density at radius 2 is 1.58 bits per heavy atom. The lowest BCUT2D eigenvalue weighted by molar-refractivity contribution is 0.0180. The first-order valence-corrected chi connectivity index (χ1v) is 6.37. The summed E-state index contributed by atoms with van der Waals surface area (Å²) in [4.78, 5) is 0. The van der Waals surface area contributed by atoms with Crippen molar-refractivity contribution in [2.24, 2.45) is 0 Å². The third-order valence-corrected chi connectivity index (χ3v) is 2.45. The average Bonchev–Trinajstić information content (AvgIpc) is 2.39. The Bertz CT molecular complexity index is 357. The highest BCUT2D eigenvalue weighted by molar-refractivity contribution is 5.53. The molecule has 0 saturated carbocycles. The average molecular weight is 269 g/mol. The van der Waals surface area contributed by atoms with Crippen LogP contribution in [0.15, 0.2) is 18.2 Å². The van der Waals surface area contributed by atoms with Crippen molar-refractivity contribution in [1.82, 2.24) is 0 Å². The minimum absolute atomic E-state index is 0.478. The van der Waals surface area contributed by atoms with Gasteiger partial charge in [-0.05, 0) is 24.6 Å². The van der Waals surface area contributed by atoms with E-state index in [2.05, 4.69) is 0 Å². The fraction of sp³-hybridized carbons (Fsp3) is 0.571. The summed E-state index contributed by atoms with van der Waals surface area (Å²) < 4.78 is 21.0. The SMILES string of the molecule is COCCOCCOCCOc1ccc(C)cc1N. The van der Waals surface area contributed by atoms with Crippen LogP contribution in [0.4, 0.5) is 5.69 Å². The molecular weight excluding hydrogens is 246 g/mol. The molecular formula is C14H23NO4. The topological polar surface area (TPSA) is 62.9 Å². The van der Waals surface area contributed by atoms with Crippen molar-refractivity contribution in [3.8, 4) is 5.75 Å². The molecule has 5 heteroatoms. The molecule has 0 amide bonds. The van der Waals surface area contributed by atoms with E-state index in [0.29, 0.717) is 51.1 Å². The Balaban J connectivity index is 2.01. The van der Waals surface area contributed by atoms with Crippen molar-refractivity contribution >= 4 is 5.69 Å². The Morgan fingerprint density at radius 1 is 0.947 bits per heavy atom. The minimum Gasteiger partial charge on any atom is -0.489 e.